The molecular weight excluding hydrogens is 484 g/mol. The summed E-state index contributed by atoms with van der Waals surface area (Å²) < 4.78 is 0. The number of rotatable bonds is 7. The standard InChI is InChI=1S/C29H28N4O3S/c1-2-11-33(36-16-18-3-8-23(30)9-4-18)29(35)22-12-21-6-5-19(13-25(21)32-28(31)15-22)20-7-10-24-26(34)17-37-27(24)14-20/h3-10,12-14H,2,11,15-17,30H2,1H3,(H2,31,32). The maximum Gasteiger partial charge on any atom is 0.273 e. The van der Waals surface area contributed by atoms with Crippen LogP contribution in [0.3, 0.4) is 0 Å². The minimum Gasteiger partial charge on any atom is -0.399 e. The number of carbonyl (C=O) groups is 2. The van der Waals surface area contributed by atoms with Crippen molar-refractivity contribution in [2.24, 2.45) is 10.7 Å². The van der Waals surface area contributed by atoms with Gasteiger partial charge in [-0.2, -0.15) is 0 Å². The zero-order valence-electron chi connectivity index (χ0n) is 20.6. The number of nitrogens with zero attached hydrogens (tertiary/aromatic N) is 2. The molecule has 0 spiro atoms. The second-order valence-corrected chi connectivity index (χ2v) is 10.1. The average molecular weight is 513 g/mol. The van der Waals surface area contributed by atoms with Gasteiger partial charge >= 0.3 is 0 Å². The number of aliphatic imine (C=N–C) groups is 1. The Morgan fingerprint density at radius 3 is 2.59 bits per heavy atom. The molecule has 0 atom stereocenters. The highest BCUT2D eigenvalue weighted by Gasteiger charge is 2.23. The first kappa shape index (κ1) is 24.8. The topological polar surface area (TPSA) is 111 Å². The lowest BCUT2D eigenvalue weighted by molar-refractivity contribution is -0.187. The van der Waals surface area contributed by atoms with E-state index in [0.29, 0.717) is 35.1 Å². The van der Waals surface area contributed by atoms with Crippen LogP contribution in [0.4, 0.5) is 11.4 Å². The first-order valence-electron chi connectivity index (χ1n) is 12.2. The molecule has 37 heavy (non-hydrogen) atoms. The highest BCUT2D eigenvalue weighted by molar-refractivity contribution is 8.00. The van der Waals surface area contributed by atoms with Gasteiger partial charge in [-0.05, 0) is 59.5 Å². The second kappa shape index (κ2) is 10.6. The first-order valence-corrected chi connectivity index (χ1v) is 13.2. The Balaban J connectivity index is 1.39. The van der Waals surface area contributed by atoms with Crippen LogP contribution in [0.2, 0.25) is 0 Å². The van der Waals surface area contributed by atoms with E-state index in [1.165, 1.54) is 5.06 Å². The van der Waals surface area contributed by atoms with Crippen molar-refractivity contribution in [2.75, 3.05) is 18.0 Å². The Kier molecular flexibility index (Phi) is 7.12. The fourth-order valence-corrected chi connectivity index (χ4v) is 5.32. The molecule has 188 valence electrons. The summed E-state index contributed by atoms with van der Waals surface area (Å²) in [6.45, 7) is 2.70. The maximum absolute atomic E-state index is 13.5. The highest BCUT2D eigenvalue weighted by atomic mass is 32.2. The number of hydroxylamine groups is 2. The van der Waals surface area contributed by atoms with Gasteiger partial charge in [0.25, 0.3) is 5.91 Å². The van der Waals surface area contributed by atoms with Crippen LogP contribution in [-0.4, -0.2) is 34.9 Å². The van der Waals surface area contributed by atoms with Crippen LogP contribution >= 0.6 is 11.8 Å². The van der Waals surface area contributed by atoms with E-state index in [1.807, 2.05) is 73.7 Å². The number of amidine groups is 1. The summed E-state index contributed by atoms with van der Waals surface area (Å²) in [6, 6.07) is 19.2. The summed E-state index contributed by atoms with van der Waals surface area (Å²) in [6.07, 6.45) is 2.82. The summed E-state index contributed by atoms with van der Waals surface area (Å²) in [5.74, 6) is 0.792. The van der Waals surface area contributed by atoms with E-state index in [0.717, 1.165) is 39.1 Å². The molecule has 0 unspecified atom stereocenters. The van der Waals surface area contributed by atoms with Crippen molar-refractivity contribution >= 4 is 46.7 Å². The van der Waals surface area contributed by atoms with Gasteiger partial charge in [-0.15, -0.1) is 11.8 Å². The number of fused-ring (bicyclic) bond motifs is 2. The summed E-state index contributed by atoms with van der Waals surface area (Å²) in [7, 11) is 0. The van der Waals surface area contributed by atoms with Crippen LogP contribution in [0.5, 0.6) is 0 Å². The summed E-state index contributed by atoms with van der Waals surface area (Å²) in [4.78, 5) is 37.0. The number of amides is 1. The van der Waals surface area contributed by atoms with Crippen molar-refractivity contribution in [1.29, 1.82) is 0 Å². The van der Waals surface area contributed by atoms with E-state index >= 15 is 0 Å². The zero-order chi connectivity index (χ0) is 25.9. The van der Waals surface area contributed by atoms with Crippen molar-refractivity contribution in [3.63, 3.8) is 0 Å². The lowest BCUT2D eigenvalue weighted by atomic mass is 9.99. The number of thioether (sulfide) groups is 1. The van der Waals surface area contributed by atoms with Gasteiger partial charge in [0.15, 0.2) is 5.78 Å². The van der Waals surface area contributed by atoms with Crippen LogP contribution in [0.1, 0.15) is 41.3 Å². The Hall–Kier alpha value is -3.88. The number of hydrogen-bond donors (Lipinski definition) is 2. The minimum absolute atomic E-state index is 0.169. The van der Waals surface area contributed by atoms with Crippen molar-refractivity contribution in [3.8, 4) is 11.1 Å². The predicted octanol–water partition coefficient (Wildman–Crippen LogP) is 5.37. The third-order valence-corrected chi connectivity index (χ3v) is 7.32. The molecule has 2 aliphatic heterocycles. The largest absolute Gasteiger partial charge is 0.399 e. The number of benzene rings is 3. The van der Waals surface area contributed by atoms with Crippen molar-refractivity contribution in [3.05, 3.63) is 82.9 Å². The molecule has 3 aromatic carbocycles. The fraction of sp³-hybridized carbons (Fsp3) is 0.207. The lowest BCUT2D eigenvalue weighted by Crippen LogP contribution is -2.34. The van der Waals surface area contributed by atoms with Gasteiger partial charge in [0.1, 0.15) is 12.4 Å². The minimum atomic E-state index is -0.229. The SMILES string of the molecule is CCCN(OCc1ccc(N)cc1)C(=O)C1=Cc2ccc(-c3ccc4c(c3)SCC4=O)cc2N=C(N)C1. The number of anilines is 1. The van der Waals surface area contributed by atoms with Gasteiger partial charge in [0.05, 0.1) is 11.4 Å². The van der Waals surface area contributed by atoms with Gasteiger partial charge in [0, 0.05) is 40.2 Å². The molecular formula is C29H28N4O3S. The van der Waals surface area contributed by atoms with Crippen LogP contribution < -0.4 is 11.5 Å². The predicted molar refractivity (Wildman–Crippen MR) is 148 cm³/mol. The quantitative estimate of drug-likeness (QED) is 0.325. The summed E-state index contributed by atoms with van der Waals surface area (Å²) in [5, 5.41) is 1.40. The van der Waals surface area contributed by atoms with Crippen molar-refractivity contribution < 1.29 is 14.4 Å². The molecule has 0 aliphatic carbocycles. The number of ketones is 1. The normalized spacial score (nSPS) is 14.4. The summed E-state index contributed by atoms with van der Waals surface area (Å²) in [5.41, 5.74) is 18.4. The van der Waals surface area contributed by atoms with E-state index in [4.69, 9.17) is 16.3 Å². The molecule has 0 aromatic heterocycles. The Bertz CT molecular complexity index is 1430. The average Bonchev–Trinajstić information content (AvgIpc) is 3.17. The van der Waals surface area contributed by atoms with Crippen LogP contribution in [0, 0.1) is 0 Å². The van der Waals surface area contributed by atoms with Crippen LogP contribution in [-0.2, 0) is 16.2 Å². The van der Waals surface area contributed by atoms with Crippen molar-refractivity contribution in [1.82, 2.24) is 5.06 Å². The Morgan fingerprint density at radius 1 is 1.05 bits per heavy atom. The molecule has 0 fully saturated rings. The van der Waals surface area contributed by atoms with Gasteiger partial charge in [-0.25, -0.2) is 10.1 Å². The van der Waals surface area contributed by atoms with Crippen LogP contribution in [0.15, 0.2) is 76.1 Å². The zero-order valence-corrected chi connectivity index (χ0v) is 21.4. The molecule has 8 heteroatoms. The number of carbonyl (C=O) groups excluding carboxylic acids is 2. The number of Topliss-reactive ketones (excluding diaryl/α,β-unsaturated/α-hetero) is 1. The van der Waals surface area contributed by atoms with Gasteiger partial charge in [-0.1, -0.05) is 37.3 Å². The van der Waals surface area contributed by atoms with E-state index in [-0.39, 0.29) is 24.7 Å². The Morgan fingerprint density at radius 2 is 1.81 bits per heavy atom. The third kappa shape index (κ3) is 5.45. The molecule has 1 amide bonds. The van der Waals surface area contributed by atoms with Gasteiger partial charge < -0.3 is 11.5 Å². The molecule has 0 bridgehead atoms. The molecule has 3 aromatic rings. The number of nitrogens with two attached hydrogens (primary N) is 2. The van der Waals surface area contributed by atoms with Gasteiger partial charge in [0.2, 0.25) is 0 Å². The maximum atomic E-state index is 13.5. The first-order chi connectivity index (χ1) is 17.9. The molecule has 5 rings (SSSR count). The molecule has 4 N–H and O–H groups in total. The fourth-order valence-electron chi connectivity index (χ4n) is 4.33. The molecule has 2 aliphatic rings. The number of hydrogen-bond acceptors (Lipinski definition) is 7. The van der Waals surface area contributed by atoms with E-state index in [9.17, 15) is 9.59 Å². The second-order valence-electron chi connectivity index (χ2n) is 9.07. The lowest BCUT2D eigenvalue weighted by Gasteiger charge is -2.22. The van der Waals surface area contributed by atoms with E-state index in [1.54, 1.807) is 11.8 Å². The Labute approximate surface area is 220 Å². The van der Waals surface area contributed by atoms with E-state index in [2.05, 4.69) is 4.99 Å². The molecule has 0 radical (unpaired) electrons. The molecule has 2 heterocycles. The molecule has 7 nitrogen and oxygen atoms in total. The monoisotopic (exact) mass is 512 g/mol. The third-order valence-electron chi connectivity index (χ3n) is 6.26. The number of nitrogen functional groups attached to an aromatic ring is 1. The van der Waals surface area contributed by atoms with Crippen molar-refractivity contribution in [2.45, 2.75) is 31.3 Å². The summed E-state index contributed by atoms with van der Waals surface area (Å²) >= 11 is 1.56. The molecule has 0 saturated carbocycles. The van der Waals surface area contributed by atoms with E-state index < -0.39 is 0 Å². The smallest absolute Gasteiger partial charge is 0.273 e. The van der Waals surface area contributed by atoms with Crippen LogP contribution in [0.25, 0.3) is 17.2 Å². The van der Waals surface area contributed by atoms with Gasteiger partial charge in [-0.3, -0.25) is 14.4 Å². The highest BCUT2D eigenvalue weighted by Crippen LogP contribution is 2.37. The molecule has 0 saturated heterocycles.